The molecule has 0 aliphatic heterocycles. The fourth-order valence-corrected chi connectivity index (χ4v) is 2.14. The Labute approximate surface area is 122 Å². The number of amides is 1. The summed E-state index contributed by atoms with van der Waals surface area (Å²) in [5.41, 5.74) is 7.59. The van der Waals surface area contributed by atoms with Crippen LogP contribution in [0.15, 0.2) is 12.3 Å². The minimum absolute atomic E-state index is 0.0918. The smallest absolute Gasteiger partial charge is 0.253 e. The highest BCUT2D eigenvalue weighted by atomic mass is 16.1. The third-order valence-corrected chi connectivity index (χ3v) is 3.54. The number of anilines is 1. The predicted octanol–water partition coefficient (Wildman–Crippen LogP) is 3.31. The average Bonchev–Trinajstić information content (AvgIpc) is 2.39. The van der Waals surface area contributed by atoms with Crippen molar-refractivity contribution in [1.29, 1.82) is 0 Å². The molecule has 20 heavy (non-hydrogen) atoms. The van der Waals surface area contributed by atoms with Gasteiger partial charge in [-0.3, -0.25) is 9.78 Å². The van der Waals surface area contributed by atoms with Crippen LogP contribution in [0, 0.1) is 12.3 Å². The van der Waals surface area contributed by atoms with E-state index in [0.29, 0.717) is 23.5 Å². The van der Waals surface area contributed by atoms with E-state index in [0.717, 1.165) is 6.42 Å². The molecular weight excluding hydrogens is 250 g/mol. The number of unbranched alkanes of at least 4 members (excludes halogenated alkanes) is 2. The predicted molar refractivity (Wildman–Crippen MR) is 83.6 cm³/mol. The van der Waals surface area contributed by atoms with Crippen LogP contribution >= 0.6 is 0 Å². The minimum Gasteiger partial charge on any atom is -0.397 e. The molecule has 0 fully saturated rings. The van der Waals surface area contributed by atoms with Crippen molar-refractivity contribution in [2.24, 2.45) is 5.41 Å². The van der Waals surface area contributed by atoms with E-state index in [1.165, 1.54) is 19.3 Å². The van der Waals surface area contributed by atoms with Crippen LogP contribution in [0.4, 0.5) is 5.69 Å². The second kappa shape index (κ2) is 7.27. The summed E-state index contributed by atoms with van der Waals surface area (Å²) in [7, 11) is 0. The number of hydrogen-bond donors (Lipinski definition) is 2. The Morgan fingerprint density at radius 2 is 2.10 bits per heavy atom. The van der Waals surface area contributed by atoms with Gasteiger partial charge in [-0.05, 0) is 24.8 Å². The van der Waals surface area contributed by atoms with Gasteiger partial charge in [0.15, 0.2) is 0 Å². The van der Waals surface area contributed by atoms with Crippen LogP contribution in [0.5, 0.6) is 0 Å². The number of hydrogen-bond acceptors (Lipinski definition) is 3. The molecule has 3 N–H and O–H groups in total. The van der Waals surface area contributed by atoms with E-state index in [1.807, 2.05) is 6.92 Å². The molecule has 1 heterocycles. The number of pyridine rings is 1. The van der Waals surface area contributed by atoms with Gasteiger partial charge in [0, 0.05) is 6.54 Å². The van der Waals surface area contributed by atoms with Gasteiger partial charge in [0.25, 0.3) is 5.91 Å². The molecule has 112 valence electrons. The summed E-state index contributed by atoms with van der Waals surface area (Å²) >= 11 is 0. The average molecular weight is 277 g/mol. The summed E-state index contributed by atoms with van der Waals surface area (Å²) < 4.78 is 0. The van der Waals surface area contributed by atoms with Crippen LogP contribution in [-0.4, -0.2) is 17.4 Å². The molecule has 0 radical (unpaired) electrons. The quantitative estimate of drug-likeness (QED) is 0.751. The van der Waals surface area contributed by atoms with Crippen LogP contribution < -0.4 is 11.1 Å². The van der Waals surface area contributed by atoms with Crippen molar-refractivity contribution in [3.63, 3.8) is 0 Å². The molecule has 0 saturated heterocycles. The number of carbonyl (C=O) groups excluding carboxylic acids is 1. The number of aromatic nitrogens is 1. The molecule has 1 rings (SSSR count). The minimum atomic E-state index is -0.0918. The molecule has 1 aromatic rings. The zero-order valence-corrected chi connectivity index (χ0v) is 13.1. The van der Waals surface area contributed by atoms with E-state index in [4.69, 9.17) is 5.73 Å². The van der Waals surface area contributed by atoms with Crippen molar-refractivity contribution in [1.82, 2.24) is 10.3 Å². The molecule has 0 aliphatic rings. The maximum absolute atomic E-state index is 12.2. The van der Waals surface area contributed by atoms with Crippen LogP contribution in [-0.2, 0) is 0 Å². The summed E-state index contributed by atoms with van der Waals surface area (Å²) in [6.45, 7) is 9.07. The monoisotopic (exact) mass is 277 g/mol. The number of nitrogens with two attached hydrogens (primary N) is 1. The largest absolute Gasteiger partial charge is 0.397 e. The number of rotatable bonds is 7. The Hall–Kier alpha value is -1.58. The van der Waals surface area contributed by atoms with Gasteiger partial charge in [-0.25, -0.2) is 0 Å². The maximum atomic E-state index is 12.2. The van der Waals surface area contributed by atoms with Gasteiger partial charge < -0.3 is 11.1 Å². The van der Waals surface area contributed by atoms with Crippen LogP contribution in [0.1, 0.15) is 62.5 Å². The highest BCUT2D eigenvalue weighted by molar-refractivity contribution is 5.95. The SMILES string of the molecule is CCCCCC(C)(C)CNC(=O)c1cc(N)cnc1C. The van der Waals surface area contributed by atoms with Gasteiger partial charge in [0.1, 0.15) is 0 Å². The fourth-order valence-electron chi connectivity index (χ4n) is 2.14. The number of nitrogen functional groups attached to an aromatic ring is 1. The zero-order valence-electron chi connectivity index (χ0n) is 13.1. The normalized spacial score (nSPS) is 11.4. The summed E-state index contributed by atoms with van der Waals surface area (Å²) in [5, 5.41) is 3.00. The number of nitrogens with zero attached hydrogens (tertiary/aromatic N) is 1. The van der Waals surface area contributed by atoms with Crippen molar-refractivity contribution >= 4 is 11.6 Å². The molecule has 0 saturated carbocycles. The van der Waals surface area contributed by atoms with Gasteiger partial charge in [-0.2, -0.15) is 0 Å². The third kappa shape index (κ3) is 5.19. The second-order valence-electron chi connectivity index (χ2n) is 6.21. The Morgan fingerprint density at radius 3 is 2.75 bits per heavy atom. The van der Waals surface area contributed by atoms with Gasteiger partial charge in [-0.1, -0.05) is 40.0 Å². The molecule has 0 aliphatic carbocycles. The summed E-state index contributed by atoms with van der Waals surface area (Å²) in [6, 6.07) is 1.68. The lowest BCUT2D eigenvalue weighted by Crippen LogP contribution is -2.34. The Morgan fingerprint density at radius 1 is 1.40 bits per heavy atom. The van der Waals surface area contributed by atoms with Gasteiger partial charge in [-0.15, -0.1) is 0 Å². The van der Waals surface area contributed by atoms with E-state index in [9.17, 15) is 4.79 Å². The van der Waals surface area contributed by atoms with Gasteiger partial charge in [0.05, 0.1) is 23.1 Å². The van der Waals surface area contributed by atoms with Crippen molar-refractivity contribution in [3.8, 4) is 0 Å². The summed E-state index contributed by atoms with van der Waals surface area (Å²) in [4.78, 5) is 16.3. The van der Waals surface area contributed by atoms with Crippen molar-refractivity contribution in [2.45, 2.75) is 53.4 Å². The van der Waals surface area contributed by atoms with Crippen LogP contribution in [0.2, 0.25) is 0 Å². The Bertz CT molecular complexity index is 455. The van der Waals surface area contributed by atoms with Crippen molar-refractivity contribution < 1.29 is 4.79 Å². The topological polar surface area (TPSA) is 68.0 Å². The van der Waals surface area contributed by atoms with E-state index in [2.05, 4.69) is 31.1 Å². The molecule has 0 unspecified atom stereocenters. The first-order valence-electron chi connectivity index (χ1n) is 7.36. The highest BCUT2D eigenvalue weighted by Gasteiger charge is 2.19. The van der Waals surface area contributed by atoms with Crippen LogP contribution in [0.3, 0.4) is 0 Å². The zero-order chi connectivity index (χ0) is 15.2. The number of carbonyl (C=O) groups is 1. The Kier molecular flexibility index (Phi) is 5.99. The number of aryl methyl sites for hydroxylation is 1. The molecule has 0 atom stereocenters. The van der Waals surface area contributed by atoms with E-state index >= 15 is 0 Å². The molecular formula is C16H27N3O. The molecule has 4 nitrogen and oxygen atoms in total. The lowest BCUT2D eigenvalue weighted by molar-refractivity contribution is 0.0933. The lowest BCUT2D eigenvalue weighted by Gasteiger charge is -2.25. The first-order valence-corrected chi connectivity index (χ1v) is 7.36. The summed E-state index contributed by atoms with van der Waals surface area (Å²) in [5.74, 6) is -0.0918. The number of nitrogens with one attached hydrogen (secondary N) is 1. The molecule has 4 heteroatoms. The van der Waals surface area contributed by atoms with E-state index in [-0.39, 0.29) is 11.3 Å². The molecule has 0 bridgehead atoms. The first-order chi connectivity index (χ1) is 9.35. The summed E-state index contributed by atoms with van der Waals surface area (Å²) in [6.07, 6.45) is 6.36. The van der Waals surface area contributed by atoms with Crippen molar-refractivity contribution in [2.75, 3.05) is 12.3 Å². The third-order valence-electron chi connectivity index (χ3n) is 3.54. The first kappa shape index (κ1) is 16.5. The highest BCUT2D eigenvalue weighted by Crippen LogP contribution is 2.23. The van der Waals surface area contributed by atoms with Gasteiger partial charge >= 0.3 is 0 Å². The second-order valence-corrected chi connectivity index (χ2v) is 6.21. The van der Waals surface area contributed by atoms with Gasteiger partial charge in [0.2, 0.25) is 0 Å². The van der Waals surface area contributed by atoms with Crippen molar-refractivity contribution in [3.05, 3.63) is 23.5 Å². The molecule has 0 spiro atoms. The molecule has 1 aromatic heterocycles. The standard InChI is InChI=1S/C16H27N3O/c1-5-6-7-8-16(3,4)11-19-15(20)14-9-13(17)10-18-12(14)2/h9-10H,5-8,11,17H2,1-4H3,(H,19,20). The Balaban J connectivity index is 2.56. The van der Waals surface area contributed by atoms with E-state index < -0.39 is 0 Å². The van der Waals surface area contributed by atoms with E-state index in [1.54, 1.807) is 12.3 Å². The fraction of sp³-hybridized carbons (Fsp3) is 0.625. The molecule has 0 aromatic carbocycles. The molecule has 1 amide bonds. The lowest BCUT2D eigenvalue weighted by atomic mass is 9.87. The van der Waals surface area contributed by atoms with Crippen LogP contribution in [0.25, 0.3) is 0 Å². The maximum Gasteiger partial charge on any atom is 0.253 e.